The van der Waals surface area contributed by atoms with Gasteiger partial charge in [0.25, 0.3) is 5.56 Å². The maximum Gasteiger partial charge on any atom is 0.332 e. The molecule has 0 radical (unpaired) electrons. The first-order chi connectivity index (χ1) is 13.5. The number of ether oxygens (including phenoxy) is 2. The van der Waals surface area contributed by atoms with Crippen LogP contribution in [0.15, 0.2) is 33.9 Å². The fourth-order valence-electron chi connectivity index (χ4n) is 3.43. The first kappa shape index (κ1) is 19.6. The number of aromatic nitrogens is 2. The molecule has 1 N–H and O–H groups in total. The van der Waals surface area contributed by atoms with Crippen LogP contribution < -0.4 is 30.9 Å². The lowest BCUT2D eigenvalue weighted by Crippen LogP contribution is -2.41. The summed E-state index contributed by atoms with van der Waals surface area (Å²) in [5, 5.41) is 3.29. The average molecular weight is 386 g/mol. The Morgan fingerprint density at radius 2 is 1.75 bits per heavy atom. The Hall–Kier alpha value is -3.16. The van der Waals surface area contributed by atoms with Crippen molar-refractivity contribution in [2.75, 3.05) is 31.5 Å². The van der Waals surface area contributed by atoms with Gasteiger partial charge in [-0.1, -0.05) is 12.1 Å². The van der Waals surface area contributed by atoms with Crippen LogP contribution in [0.5, 0.6) is 11.5 Å². The lowest BCUT2D eigenvalue weighted by Gasteiger charge is -2.18. The van der Waals surface area contributed by atoms with Crippen LogP contribution in [0.4, 0.5) is 11.5 Å². The molecule has 1 atom stereocenters. The van der Waals surface area contributed by atoms with E-state index in [1.165, 1.54) is 4.57 Å². The molecule has 1 aromatic carbocycles. The molecular formula is C20H26N4O4. The molecule has 1 unspecified atom stereocenters. The van der Waals surface area contributed by atoms with Crippen molar-refractivity contribution in [3.8, 4) is 11.5 Å². The highest BCUT2D eigenvalue weighted by Crippen LogP contribution is 2.31. The fourth-order valence-corrected chi connectivity index (χ4v) is 3.43. The van der Waals surface area contributed by atoms with Crippen LogP contribution in [0.2, 0.25) is 0 Å². The SMILES string of the molecule is CCn1c2c(c(=O)n(CC)c1=O)N(C)C(C=Cc1ccc(OC)c(OC)c1)N2. The van der Waals surface area contributed by atoms with E-state index in [0.29, 0.717) is 36.1 Å². The van der Waals surface area contributed by atoms with Crippen LogP contribution in [0.1, 0.15) is 19.4 Å². The number of benzene rings is 1. The van der Waals surface area contributed by atoms with E-state index < -0.39 is 0 Å². The maximum atomic E-state index is 12.8. The van der Waals surface area contributed by atoms with Gasteiger partial charge in [0.2, 0.25) is 0 Å². The van der Waals surface area contributed by atoms with Crippen molar-refractivity contribution < 1.29 is 9.47 Å². The smallest absolute Gasteiger partial charge is 0.332 e. The molecule has 0 fully saturated rings. The van der Waals surface area contributed by atoms with Gasteiger partial charge in [-0.25, -0.2) is 4.79 Å². The molecule has 1 aliphatic heterocycles. The molecule has 0 spiro atoms. The van der Waals surface area contributed by atoms with Crippen LogP contribution in [0.25, 0.3) is 6.08 Å². The monoisotopic (exact) mass is 386 g/mol. The second-order valence-corrected chi connectivity index (χ2v) is 6.45. The average Bonchev–Trinajstić information content (AvgIpc) is 3.03. The molecule has 1 aromatic heterocycles. The summed E-state index contributed by atoms with van der Waals surface area (Å²) in [6.07, 6.45) is 3.64. The molecule has 0 saturated heterocycles. The summed E-state index contributed by atoms with van der Waals surface area (Å²) >= 11 is 0. The largest absolute Gasteiger partial charge is 0.493 e. The standard InChI is InChI=1S/C20H26N4O4/c1-6-23-18-17(19(25)24(7-2)20(23)26)22(3)16(21-18)11-9-13-8-10-14(27-4)15(12-13)28-5/h8-12,16,21H,6-7H2,1-5H3. The van der Waals surface area contributed by atoms with Gasteiger partial charge >= 0.3 is 5.69 Å². The van der Waals surface area contributed by atoms with Crippen molar-refractivity contribution in [2.45, 2.75) is 33.1 Å². The zero-order valence-electron chi connectivity index (χ0n) is 16.9. The van der Waals surface area contributed by atoms with E-state index in [2.05, 4.69) is 5.32 Å². The summed E-state index contributed by atoms with van der Waals surface area (Å²) in [4.78, 5) is 27.2. The normalized spacial score (nSPS) is 15.6. The molecule has 0 saturated carbocycles. The van der Waals surface area contributed by atoms with Crippen LogP contribution in [0, 0.1) is 0 Å². The summed E-state index contributed by atoms with van der Waals surface area (Å²) in [6.45, 7) is 4.51. The van der Waals surface area contributed by atoms with Gasteiger partial charge in [-0.05, 0) is 37.6 Å². The number of methoxy groups -OCH3 is 2. The van der Waals surface area contributed by atoms with E-state index >= 15 is 0 Å². The van der Waals surface area contributed by atoms with Crippen LogP contribution in [-0.4, -0.2) is 36.6 Å². The highest BCUT2D eigenvalue weighted by molar-refractivity contribution is 5.73. The summed E-state index contributed by atoms with van der Waals surface area (Å²) in [5.41, 5.74) is 0.872. The third-order valence-corrected chi connectivity index (χ3v) is 4.97. The minimum absolute atomic E-state index is 0.249. The number of fused-ring (bicyclic) bond motifs is 1. The molecule has 0 aliphatic carbocycles. The van der Waals surface area contributed by atoms with Crippen molar-refractivity contribution in [2.24, 2.45) is 0 Å². The van der Waals surface area contributed by atoms with Crippen LogP contribution in [0.3, 0.4) is 0 Å². The molecule has 2 heterocycles. The summed E-state index contributed by atoms with van der Waals surface area (Å²) in [6, 6.07) is 5.64. The van der Waals surface area contributed by atoms with Gasteiger partial charge in [0, 0.05) is 20.1 Å². The van der Waals surface area contributed by atoms with Crippen molar-refractivity contribution in [3.05, 3.63) is 50.7 Å². The minimum atomic E-state index is -0.292. The van der Waals surface area contributed by atoms with Crippen molar-refractivity contribution in [1.82, 2.24) is 9.13 Å². The van der Waals surface area contributed by atoms with E-state index in [4.69, 9.17) is 9.47 Å². The minimum Gasteiger partial charge on any atom is -0.493 e. The second-order valence-electron chi connectivity index (χ2n) is 6.45. The van der Waals surface area contributed by atoms with E-state index in [9.17, 15) is 9.59 Å². The lowest BCUT2D eigenvalue weighted by molar-refractivity contribution is 0.355. The molecule has 1 aliphatic rings. The molecule has 8 nitrogen and oxygen atoms in total. The predicted octanol–water partition coefficient (Wildman–Crippen LogP) is 1.97. The van der Waals surface area contributed by atoms with Crippen LogP contribution >= 0.6 is 0 Å². The predicted molar refractivity (Wildman–Crippen MR) is 111 cm³/mol. The zero-order chi connectivity index (χ0) is 20.4. The molecular weight excluding hydrogens is 360 g/mol. The Bertz CT molecular complexity index is 1020. The van der Waals surface area contributed by atoms with Crippen molar-refractivity contribution >= 4 is 17.6 Å². The number of hydrogen-bond acceptors (Lipinski definition) is 6. The van der Waals surface area contributed by atoms with E-state index in [-0.39, 0.29) is 17.4 Å². The highest BCUT2D eigenvalue weighted by Gasteiger charge is 2.31. The molecule has 8 heteroatoms. The number of hydrogen-bond donors (Lipinski definition) is 1. The van der Waals surface area contributed by atoms with Gasteiger partial charge in [0.05, 0.1) is 14.2 Å². The Morgan fingerprint density at radius 1 is 1.07 bits per heavy atom. The summed E-state index contributed by atoms with van der Waals surface area (Å²) < 4.78 is 13.5. The number of likely N-dealkylation sites (N-methyl/N-ethyl adjacent to an activating group) is 1. The Labute approximate surface area is 163 Å². The third kappa shape index (κ3) is 3.15. The third-order valence-electron chi connectivity index (χ3n) is 4.97. The van der Waals surface area contributed by atoms with E-state index in [0.717, 1.165) is 5.56 Å². The number of anilines is 2. The molecule has 2 aromatic rings. The summed E-state index contributed by atoms with van der Waals surface area (Å²) in [5.74, 6) is 1.87. The first-order valence-electron chi connectivity index (χ1n) is 9.24. The van der Waals surface area contributed by atoms with E-state index in [1.807, 2.05) is 49.2 Å². The molecule has 150 valence electrons. The van der Waals surface area contributed by atoms with Gasteiger partial charge in [0.15, 0.2) is 11.5 Å². The second kappa shape index (κ2) is 7.84. The zero-order valence-corrected chi connectivity index (χ0v) is 16.9. The summed E-state index contributed by atoms with van der Waals surface area (Å²) in [7, 11) is 5.03. The molecule has 0 bridgehead atoms. The molecule has 0 amide bonds. The molecule has 3 rings (SSSR count). The van der Waals surface area contributed by atoms with Crippen molar-refractivity contribution in [3.63, 3.8) is 0 Å². The Balaban J connectivity index is 1.96. The lowest BCUT2D eigenvalue weighted by atomic mass is 10.2. The van der Waals surface area contributed by atoms with Crippen molar-refractivity contribution in [1.29, 1.82) is 0 Å². The van der Waals surface area contributed by atoms with Crippen LogP contribution in [-0.2, 0) is 13.1 Å². The number of nitrogens with zero attached hydrogens (tertiary/aromatic N) is 3. The number of rotatable bonds is 6. The van der Waals surface area contributed by atoms with Gasteiger partial charge in [0.1, 0.15) is 17.7 Å². The molecule has 28 heavy (non-hydrogen) atoms. The first-order valence-corrected chi connectivity index (χ1v) is 9.24. The highest BCUT2D eigenvalue weighted by atomic mass is 16.5. The Morgan fingerprint density at radius 3 is 2.36 bits per heavy atom. The van der Waals surface area contributed by atoms with Gasteiger partial charge in [-0.15, -0.1) is 0 Å². The van der Waals surface area contributed by atoms with E-state index in [1.54, 1.807) is 25.7 Å². The van der Waals surface area contributed by atoms with Gasteiger partial charge < -0.3 is 19.7 Å². The van der Waals surface area contributed by atoms with Gasteiger partial charge in [-0.2, -0.15) is 0 Å². The maximum absolute atomic E-state index is 12.8. The Kier molecular flexibility index (Phi) is 5.48. The quantitative estimate of drug-likeness (QED) is 0.818. The topological polar surface area (TPSA) is 77.7 Å². The van der Waals surface area contributed by atoms with Gasteiger partial charge in [-0.3, -0.25) is 13.9 Å². The number of nitrogens with one attached hydrogen (secondary N) is 1. The fraction of sp³-hybridized carbons (Fsp3) is 0.400.